The molecule has 4 heterocycles. The maximum Gasteiger partial charge on any atom is 0.452 e. The number of nitrogens with zero attached hydrogens (tertiary/aromatic N) is 5. The van der Waals surface area contributed by atoms with E-state index >= 15 is 0 Å². The second-order valence-corrected chi connectivity index (χ2v) is 7.92. The van der Waals surface area contributed by atoms with Gasteiger partial charge >= 0.3 is 6.18 Å². The average molecular weight is 441 g/mol. The lowest BCUT2D eigenvalue weighted by molar-refractivity contribution is -0.155. The van der Waals surface area contributed by atoms with Gasteiger partial charge in [-0.15, -0.1) is 0 Å². The summed E-state index contributed by atoms with van der Waals surface area (Å²) < 4.78 is 51.2. The second-order valence-electron chi connectivity index (χ2n) is 7.92. The maximum atomic E-state index is 13.0. The standard InChI is InChI=1S/C22H18F3N5O2/c1-12-7-15(5-6-31-12)30-20(10-14-9-19(32-29-14)22(23,24)25)28-18-11-27-17-4-3-13(26-2)8-16(17)21(18)30/h3-4,8-9,11-12,15H,5-7,10H2,1H3/t12-,15-/m1/s1. The zero-order valence-corrected chi connectivity index (χ0v) is 17.1. The van der Waals surface area contributed by atoms with Crippen LogP contribution in [-0.4, -0.2) is 32.4 Å². The summed E-state index contributed by atoms with van der Waals surface area (Å²) in [5, 5.41) is 4.39. The highest BCUT2D eigenvalue weighted by molar-refractivity contribution is 6.03. The molecule has 1 fully saturated rings. The Morgan fingerprint density at radius 3 is 2.81 bits per heavy atom. The van der Waals surface area contributed by atoms with E-state index in [-0.39, 0.29) is 24.3 Å². The van der Waals surface area contributed by atoms with E-state index in [9.17, 15) is 13.2 Å². The average Bonchev–Trinajstić information content (AvgIpc) is 3.38. The van der Waals surface area contributed by atoms with Crippen molar-refractivity contribution < 1.29 is 22.4 Å². The van der Waals surface area contributed by atoms with E-state index in [2.05, 4.69) is 24.1 Å². The number of benzene rings is 1. The van der Waals surface area contributed by atoms with Crippen LogP contribution in [0.15, 0.2) is 35.0 Å². The van der Waals surface area contributed by atoms with Gasteiger partial charge in [-0.05, 0) is 31.9 Å². The van der Waals surface area contributed by atoms with Crippen LogP contribution in [0.3, 0.4) is 0 Å². The lowest BCUT2D eigenvalue weighted by Crippen LogP contribution is -2.26. The zero-order chi connectivity index (χ0) is 22.5. The summed E-state index contributed by atoms with van der Waals surface area (Å²) in [7, 11) is 0. The topological polar surface area (TPSA) is 70.3 Å². The Balaban J connectivity index is 1.69. The van der Waals surface area contributed by atoms with Crippen LogP contribution < -0.4 is 0 Å². The number of fused-ring (bicyclic) bond motifs is 3. The molecule has 10 heteroatoms. The van der Waals surface area contributed by atoms with Crippen LogP contribution in [0.4, 0.5) is 18.9 Å². The molecule has 7 nitrogen and oxygen atoms in total. The van der Waals surface area contributed by atoms with Crippen LogP contribution in [0.1, 0.15) is 43.1 Å². The molecule has 2 atom stereocenters. The highest BCUT2D eigenvalue weighted by Gasteiger charge is 2.36. The first-order valence-corrected chi connectivity index (χ1v) is 10.1. The molecule has 0 spiro atoms. The second kappa shape index (κ2) is 7.60. The van der Waals surface area contributed by atoms with Gasteiger partial charge in [-0.3, -0.25) is 4.98 Å². The van der Waals surface area contributed by atoms with Crippen molar-refractivity contribution in [3.8, 4) is 0 Å². The number of rotatable bonds is 3. The van der Waals surface area contributed by atoms with Gasteiger partial charge in [0, 0.05) is 24.1 Å². The van der Waals surface area contributed by atoms with Crippen LogP contribution >= 0.6 is 0 Å². The number of pyridine rings is 1. The molecule has 1 aliphatic heterocycles. The summed E-state index contributed by atoms with van der Waals surface area (Å²) in [6.45, 7) is 9.93. The van der Waals surface area contributed by atoms with Crippen LogP contribution in [0.25, 0.3) is 26.8 Å². The Hall–Kier alpha value is -3.45. The number of hydrogen-bond donors (Lipinski definition) is 0. The van der Waals surface area contributed by atoms with E-state index in [0.717, 1.165) is 35.3 Å². The smallest absolute Gasteiger partial charge is 0.378 e. The van der Waals surface area contributed by atoms with E-state index in [1.54, 1.807) is 24.4 Å². The molecule has 4 aromatic rings. The molecule has 3 aromatic heterocycles. The summed E-state index contributed by atoms with van der Waals surface area (Å²) in [6.07, 6.45) is -1.36. The van der Waals surface area contributed by atoms with Crippen LogP contribution in [0, 0.1) is 6.57 Å². The minimum Gasteiger partial charge on any atom is -0.378 e. The zero-order valence-electron chi connectivity index (χ0n) is 17.1. The SMILES string of the molecule is [C-]#[N+]c1ccc2ncc3nc(Cc4cc(C(F)(F)F)on4)n([C@@H]4CCO[C@H](C)C4)c3c2c1. The Bertz CT molecular complexity index is 1350. The molecule has 1 aromatic carbocycles. The lowest BCUT2D eigenvalue weighted by atomic mass is 10.0. The fraction of sp³-hybridized carbons (Fsp3) is 0.364. The molecular formula is C22H18F3N5O2. The molecule has 0 bridgehead atoms. The van der Waals surface area contributed by atoms with Gasteiger partial charge < -0.3 is 13.8 Å². The van der Waals surface area contributed by atoms with E-state index in [1.807, 2.05) is 6.92 Å². The van der Waals surface area contributed by atoms with Crippen molar-refractivity contribution in [1.29, 1.82) is 0 Å². The largest absolute Gasteiger partial charge is 0.452 e. The number of hydrogen-bond acceptors (Lipinski definition) is 5. The molecule has 0 amide bonds. The third-order valence-corrected chi connectivity index (χ3v) is 5.70. The van der Waals surface area contributed by atoms with Gasteiger partial charge in [-0.25, -0.2) is 9.83 Å². The van der Waals surface area contributed by atoms with Crippen LogP contribution in [0.5, 0.6) is 0 Å². The number of imidazole rings is 1. The van der Waals surface area contributed by atoms with Gasteiger partial charge in [0.15, 0.2) is 5.69 Å². The summed E-state index contributed by atoms with van der Waals surface area (Å²) in [4.78, 5) is 12.7. The fourth-order valence-corrected chi connectivity index (χ4v) is 4.30. The molecule has 0 saturated carbocycles. The van der Waals surface area contributed by atoms with Gasteiger partial charge in [0.25, 0.3) is 0 Å². The number of ether oxygens (including phenoxy) is 1. The Morgan fingerprint density at radius 1 is 1.25 bits per heavy atom. The number of halogens is 3. The van der Waals surface area contributed by atoms with E-state index in [4.69, 9.17) is 16.3 Å². The van der Waals surface area contributed by atoms with Crippen molar-refractivity contribution in [1.82, 2.24) is 19.7 Å². The van der Waals surface area contributed by atoms with E-state index in [0.29, 0.717) is 23.6 Å². The molecule has 1 aliphatic rings. The van der Waals surface area contributed by atoms with Crippen molar-refractivity contribution in [3.63, 3.8) is 0 Å². The first-order chi connectivity index (χ1) is 15.3. The van der Waals surface area contributed by atoms with Crippen molar-refractivity contribution >= 4 is 27.6 Å². The quantitative estimate of drug-likeness (QED) is 0.394. The van der Waals surface area contributed by atoms with Crippen molar-refractivity contribution in [2.24, 2.45) is 0 Å². The van der Waals surface area contributed by atoms with Gasteiger partial charge in [-0.1, -0.05) is 11.2 Å². The van der Waals surface area contributed by atoms with Crippen LogP contribution in [-0.2, 0) is 17.3 Å². The molecule has 5 rings (SSSR count). The molecule has 0 aliphatic carbocycles. The van der Waals surface area contributed by atoms with Gasteiger partial charge in [-0.2, -0.15) is 13.2 Å². The fourth-order valence-electron chi connectivity index (χ4n) is 4.30. The van der Waals surface area contributed by atoms with Gasteiger partial charge in [0.1, 0.15) is 11.3 Å². The van der Waals surface area contributed by atoms with Crippen molar-refractivity contribution in [3.05, 3.63) is 59.2 Å². The summed E-state index contributed by atoms with van der Waals surface area (Å²) in [5.41, 5.74) is 2.78. The van der Waals surface area contributed by atoms with Gasteiger partial charge in [0.05, 0.1) is 42.0 Å². The minimum absolute atomic E-state index is 0.0369. The van der Waals surface area contributed by atoms with E-state index in [1.165, 1.54) is 0 Å². The molecule has 0 unspecified atom stereocenters. The Labute approximate surface area is 180 Å². The first-order valence-electron chi connectivity index (χ1n) is 10.1. The molecule has 0 N–H and O–H groups in total. The number of aromatic nitrogens is 4. The van der Waals surface area contributed by atoms with Crippen LogP contribution in [0.2, 0.25) is 0 Å². The molecule has 32 heavy (non-hydrogen) atoms. The monoisotopic (exact) mass is 441 g/mol. The predicted molar refractivity (Wildman–Crippen MR) is 109 cm³/mol. The molecule has 164 valence electrons. The first kappa shape index (κ1) is 20.5. The lowest BCUT2D eigenvalue weighted by Gasteiger charge is -2.30. The Kier molecular flexibility index (Phi) is 4.86. The Morgan fingerprint density at radius 2 is 2.09 bits per heavy atom. The third kappa shape index (κ3) is 3.58. The van der Waals surface area contributed by atoms with Crippen molar-refractivity contribution in [2.75, 3.05) is 6.61 Å². The van der Waals surface area contributed by atoms with Crippen molar-refractivity contribution in [2.45, 2.75) is 44.5 Å². The number of alkyl halides is 3. The normalized spacial score (nSPS) is 19.5. The summed E-state index contributed by atoms with van der Waals surface area (Å²) >= 11 is 0. The highest BCUT2D eigenvalue weighted by Crippen LogP contribution is 2.36. The summed E-state index contributed by atoms with van der Waals surface area (Å²) in [5.74, 6) is -0.563. The van der Waals surface area contributed by atoms with Gasteiger partial charge in [0.2, 0.25) is 5.76 Å². The molecule has 0 radical (unpaired) electrons. The summed E-state index contributed by atoms with van der Waals surface area (Å²) in [6, 6.07) is 6.22. The predicted octanol–water partition coefficient (Wildman–Crippen LogP) is 5.47. The highest BCUT2D eigenvalue weighted by atomic mass is 19.4. The maximum absolute atomic E-state index is 13.0. The minimum atomic E-state index is -4.60. The molecular weight excluding hydrogens is 423 g/mol. The third-order valence-electron chi connectivity index (χ3n) is 5.70. The molecule has 1 saturated heterocycles. The van der Waals surface area contributed by atoms with E-state index < -0.39 is 11.9 Å².